The van der Waals surface area contributed by atoms with Gasteiger partial charge in [-0.2, -0.15) is 0 Å². The molecule has 0 aromatic carbocycles. The summed E-state index contributed by atoms with van der Waals surface area (Å²) in [6.45, 7) is 6.97. The van der Waals surface area contributed by atoms with Crippen molar-refractivity contribution in [3.05, 3.63) is 5.69 Å². The number of sulfonamides is 1. The monoisotopic (exact) mass is 292 g/mol. The molecule has 0 spiro atoms. The lowest BCUT2D eigenvalue weighted by molar-refractivity contribution is 0.385. The summed E-state index contributed by atoms with van der Waals surface area (Å²) in [6.07, 6.45) is 0. The standard InChI is InChI=1S/C10H20N4O2S2/c1-7-8(18(12,15)16)17-9(13-7)14(4)6-10(2,3)5-11/h5-6,11H2,1-4H3,(H2,12,15,16). The maximum absolute atomic E-state index is 11.3. The van der Waals surface area contributed by atoms with Gasteiger partial charge in [0.2, 0.25) is 10.0 Å². The second kappa shape index (κ2) is 5.12. The maximum Gasteiger partial charge on any atom is 0.249 e. The third kappa shape index (κ3) is 3.64. The Morgan fingerprint density at radius 1 is 1.44 bits per heavy atom. The molecular weight excluding hydrogens is 272 g/mol. The van der Waals surface area contributed by atoms with E-state index in [1.165, 1.54) is 0 Å². The predicted molar refractivity (Wildman–Crippen MR) is 74.3 cm³/mol. The van der Waals surface area contributed by atoms with Crippen molar-refractivity contribution in [3.63, 3.8) is 0 Å². The molecule has 0 aliphatic heterocycles. The van der Waals surface area contributed by atoms with E-state index in [2.05, 4.69) is 4.98 Å². The van der Waals surface area contributed by atoms with Gasteiger partial charge in [0.25, 0.3) is 0 Å². The Kier molecular flexibility index (Phi) is 4.37. The molecule has 0 aliphatic rings. The maximum atomic E-state index is 11.3. The van der Waals surface area contributed by atoms with Gasteiger partial charge in [-0.15, -0.1) is 0 Å². The fraction of sp³-hybridized carbons (Fsp3) is 0.700. The van der Waals surface area contributed by atoms with Crippen molar-refractivity contribution in [2.75, 3.05) is 25.0 Å². The van der Waals surface area contributed by atoms with E-state index in [4.69, 9.17) is 10.9 Å². The third-order valence-electron chi connectivity index (χ3n) is 2.55. The molecule has 0 atom stereocenters. The molecule has 0 bridgehead atoms. The van der Waals surface area contributed by atoms with E-state index >= 15 is 0 Å². The lowest BCUT2D eigenvalue weighted by Gasteiger charge is -2.28. The van der Waals surface area contributed by atoms with Gasteiger partial charge >= 0.3 is 0 Å². The van der Waals surface area contributed by atoms with E-state index in [9.17, 15) is 8.42 Å². The van der Waals surface area contributed by atoms with Crippen LogP contribution in [-0.2, 0) is 10.0 Å². The molecular formula is C10H20N4O2S2. The van der Waals surface area contributed by atoms with Crippen LogP contribution in [0.15, 0.2) is 4.21 Å². The smallest absolute Gasteiger partial charge is 0.249 e. The summed E-state index contributed by atoms with van der Waals surface area (Å²) in [6, 6.07) is 0. The molecule has 18 heavy (non-hydrogen) atoms. The number of thiazole rings is 1. The van der Waals surface area contributed by atoms with Crippen LogP contribution in [0, 0.1) is 12.3 Å². The minimum absolute atomic E-state index is 0.0594. The molecule has 1 heterocycles. The van der Waals surface area contributed by atoms with E-state index in [1.807, 2.05) is 25.8 Å². The van der Waals surface area contributed by atoms with Crippen LogP contribution in [0.5, 0.6) is 0 Å². The Bertz CT molecular complexity index is 522. The van der Waals surface area contributed by atoms with Crippen LogP contribution in [0.4, 0.5) is 5.13 Å². The molecule has 0 amide bonds. The summed E-state index contributed by atoms with van der Waals surface area (Å²) in [4.78, 5) is 6.14. The Hall–Kier alpha value is -0.700. The van der Waals surface area contributed by atoms with E-state index in [0.29, 0.717) is 23.9 Å². The molecule has 4 N–H and O–H groups in total. The number of aromatic nitrogens is 1. The van der Waals surface area contributed by atoms with Crippen molar-refractivity contribution in [2.24, 2.45) is 16.3 Å². The van der Waals surface area contributed by atoms with Gasteiger partial charge in [-0.25, -0.2) is 18.5 Å². The van der Waals surface area contributed by atoms with Gasteiger partial charge in [-0.1, -0.05) is 25.2 Å². The minimum Gasteiger partial charge on any atom is -0.351 e. The highest BCUT2D eigenvalue weighted by atomic mass is 32.2. The summed E-state index contributed by atoms with van der Waals surface area (Å²) in [5.41, 5.74) is 6.06. The summed E-state index contributed by atoms with van der Waals surface area (Å²) in [7, 11) is -1.83. The van der Waals surface area contributed by atoms with Crippen molar-refractivity contribution in [2.45, 2.75) is 25.0 Å². The van der Waals surface area contributed by atoms with Crippen LogP contribution in [0.25, 0.3) is 0 Å². The number of anilines is 1. The molecule has 0 fully saturated rings. The molecule has 0 radical (unpaired) electrons. The average molecular weight is 292 g/mol. The zero-order valence-corrected chi connectivity index (χ0v) is 12.7. The van der Waals surface area contributed by atoms with Crippen LogP contribution in [0.3, 0.4) is 0 Å². The second-order valence-corrected chi connectivity index (χ2v) is 7.87. The van der Waals surface area contributed by atoms with E-state index in [-0.39, 0.29) is 9.62 Å². The van der Waals surface area contributed by atoms with E-state index in [0.717, 1.165) is 11.3 Å². The molecule has 6 nitrogen and oxygen atoms in total. The topological polar surface area (TPSA) is 102 Å². The van der Waals surface area contributed by atoms with E-state index in [1.54, 1.807) is 6.92 Å². The number of nitrogens with two attached hydrogens (primary N) is 2. The molecule has 0 saturated heterocycles. The first-order chi connectivity index (χ1) is 8.07. The summed E-state index contributed by atoms with van der Waals surface area (Å²) in [5.74, 6) is 0. The minimum atomic E-state index is -3.69. The first kappa shape index (κ1) is 15.4. The Morgan fingerprint density at radius 3 is 2.39 bits per heavy atom. The van der Waals surface area contributed by atoms with Crippen LogP contribution >= 0.6 is 11.3 Å². The predicted octanol–water partition coefficient (Wildman–Crippen LogP) is 0.520. The SMILES string of the molecule is Cc1nc(N(C)CC(C)(C)CN)sc1S(N)(=O)=O. The highest BCUT2D eigenvalue weighted by molar-refractivity contribution is 7.91. The van der Waals surface area contributed by atoms with Crippen molar-refractivity contribution in [1.29, 1.82) is 0 Å². The first-order valence-electron chi connectivity index (χ1n) is 5.48. The van der Waals surface area contributed by atoms with Crippen LogP contribution < -0.4 is 15.8 Å². The van der Waals surface area contributed by atoms with Crippen LogP contribution in [0.1, 0.15) is 19.5 Å². The molecule has 1 rings (SSSR count). The summed E-state index contributed by atoms with van der Waals surface area (Å²) >= 11 is 1.09. The fourth-order valence-electron chi connectivity index (χ4n) is 1.57. The molecule has 104 valence electrons. The lowest BCUT2D eigenvalue weighted by Crippen LogP contribution is -2.36. The molecule has 1 aromatic rings. The van der Waals surface area contributed by atoms with Crippen molar-refractivity contribution < 1.29 is 8.42 Å². The van der Waals surface area contributed by atoms with Gasteiger partial charge in [0.05, 0.1) is 5.69 Å². The van der Waals surface area contributed by atoms with Crippen molar-refractivity contribution in [1.82, 2.24) is 4.98 Å². The largest absolute Gasteiger partial charge is 0.351 e. The summed E-state index contributed by atoms with van der Waals surface area (Å²) < 4.78 is 22.8. The lowest BCUT2D eigenvalue weighted by atomic mass is 9.93. The number of rotatable bonds is 5. The number of primary sulfonamides is 1. The summed E-state index contributed by atoms with van der Waals surface area (Å²) in [5, 5.41) is 5.77. The van der Waals surface area contributed by atoms with Crippen LogP contribution in [0.2, 0.25) is 0 Å². The van der Waals surface area contributed by atoms with Gasteiger partial charge in [0.1, 0.15) is 0 Å². The normalized spacial score (nSPS) is 12.8. The Morgan fingerprint density at radius 2 is 2.00 bits per heavy atom. The van der Waals surface area contributed by atoms with Crippen LogP contribution in [-0.4, -0.2) is 33.5 Å². The van der Waals surface area contributed by atoms with Crippen molar-refractivity contribution >= 4 is 26.5 Å². The Labute approximate surface area is 112 Å². The number of hydrogen-bond acceptors (Lipinski definition) is 6. The average Bonchev–Trinajstić information content (AvgIpc) is 2.59. The zero-order chi connectivity index (χ0) is 14.1. The zero-order valence-electron chi connectivity index (χ0n) is 11.1. The van der Waals surface area contributed by atoms with Gasteiger partial charge in [0.15, 0.2) is 9.34 Å². The second-order valence-electron chi connectivity index (χ2n) is 5.14. The van der Waals surface area contributed by atoms with Gasteiger partial charge in [-0.3, -0.25) is 0 Å². The van der Waals surface area contributed by atoms with Gasteiger partial charge in [-0.05, 0) is 18.9 Å². The first-order valence-corrected chi connectivity index (χ1v) is 7.84. The molecule has 0 saturated carbocycles. The fourth-order valence-corrected chi connectivity index (χ4v) is 3.48. The third-order valence-corrected chi connectivity index (χ3v) is 5.37. The number of aryl methyl sites for hydroxylation is 1. The Balaban J connectivity index is 2.99. The molecule has 0 aliphatic carbocycles. The molecule has 1 aromatic heterocycles. The van der Waals surface area contributed by atoms with Gasteiger partial charge < -0.3 is 10.6 Å². The van der Waals surface area contributed by atoms with Crippen molar-refractivity contribution in [3.8, 4) is 0 Å². The highest BCUT2D eigenvalue weighted by Gasteiger charge is 2.23. The van der Waals surface area contributed by atoms with Gasteiger partial charge in [0, 0.05) is 13.6 Å². The quantitative estimate of drug-likeness (QED) is 0.823. The molecule has 0 unspecified atom stereocenters. The van der Waals surface area contributed by atoms with E-state index < -0.39 is 10.0 Å². The number of hydrogen-bond donors (Lipinski definition) is 2. The number of nitrogens with zero attached hydrogens (tertiary/aromatic N) is 2. The molecule has 8 heteroatoms. The highest BCUT2D eigenvalue weighted by Crippen LogP contribution is 2.29.